The zero-order valence-corrected chi connectivity index (χ0v) is 40.2. The van der Waals surface area contributed by atoms with Gasteiger partial charge in [0.05, 0.1) is 5.91 Å². The van der Waals surface area contributed by atoms with Crippen molar-refractivity contribution in [2.24, 2.45) is 22.6 Å². The number of halogens is 4. The third kappa shape index (κ3) is 12.9. The Kier molecular flexibility index (Phi) is 14.3. The molecule has 0 radical (unpaired) electrons. The minimum absolute atomic E-state index is 0.282. The Morgan fingerprint density at radius 2 is 1.18 bits per heavy atom. The maximum Gasteiger partial charge on any atom is 0.396 e. The Morgan fingerprint density at radius 3 is 1.72 bits per heavy atom. The number of rotatable bonds is 8. The molecule has 0 saturated carbocycles. The standard InChI is InChI=1S/C26H61Cl4N14P6/c1-23(2,3)33-47(34-24(4,5)6)37-45(27,28)39-49(41-47)31-17-15-21-43(49)19-13-14-20-44-22-16-18-32-50(44)40-46(29,30)38-48(42-50,35-25(7,8)9)36-26(10,11)12/h31-34H,13-22H2,1-12H3,(H,35,36)/q-1/p+1/t49-,50+/m1/s1. The maximum absolute atomic E-state index is 7.00. The van der Waals surface area contributed by atoms with E-state index in [-0.39, 0.29) is 22.2 Å². The summed E-state index contributed by atoms with van der Waals surface area (Å²) in [5, 5.41) is 18.6. The van der Waals surface area contributed by atoms with Crippen LogP contribution in [0.25, 0.3) is 4.86 Å². The Hall–Kier alpha value is 2.22. The first kappa shape index (κ1) is 44.9. The van der Waals surface area contributed by atoms with Crippen LogP contribution >= 0.6 is 86.8 Å². The van der Waals surface area contributed by atoms with Gasteiger partial charge in [0.1, 0.15) is 0 Å². The molecule has 0 unspecified atom stereocenters. The van der Waals surface area contributed by atoms with Crippen LogP contribution in [0.1, 0.15) is 109 Å². The van der Waals surface area contributed by atoms with Crippen molar-refractivity contribution in [1.29, 1.82) is 0 Å². The molecule has 2 spiro atoms. The first-order valence-electron chi connectivity index (χ1n) is 17.3. The van der Waals surface area contributed by atoms with Gasteiger partial charge in [0, 0.05) is 63.4 Å². The second kappa shape index (κ2) is 15.9. The number of hydrogen-bond acceptors (Lipinski definition) is 9. The fourth-order valence-electron chi connectivity index (χ4n) is 6.09. The van der Waals surface area contributed by atoms with Gasteiger partial charge in [-0.05, 0) is 131 Å². The fraction of sp³-hybridized carbons (Fsp3) is 1.00. The van der Waals surface area contributed by atoms with Crippen LogP contribution < -0.4 is 30.2 Å². The van der Waals surface area contributed by atoms with Crippen molar-refractivity contribution in [3.8, 4) is 0 Å². The lowest BCUT2D eigenvalue weighted by molar-refractivity contribution is -0.521. The molecule has 4 rings (SSSR count). The Bertz CT molecular complexity index is 1590. The topological polar surface area (TPSA) is 156 Å². The third-order valence-electron chi connectivity index (χ3n) is 7.12. The number of unbranched alkanes of at least 4 members (excludes halogenated alkanes) is 1. The van der Waals surface area contributed by atoms with E-state index >= 15 is 0 Å². The Labute approximate surface area is 322 Å². The smallest absolute Gasteiger partial charge is 0.396 e. The van der Waals surface area contributed by atoms with Crippen LogP contribution in [-0.4, -0.2) is 70.8 Å². The van der Waals surface area contributed by atoms with E-state index < -0.39 is 41.8 Å². The molecule has 0 aromatic carbocycles. The molecule has 4 aliphatic heterocycles. The zero-order valence-electron chi connectivity index (χ0n) is 31.8. The largest absolute Gasteiger partial charge is 0.528 e. The third-order valence-corrected chi connectivity index (χ3v) is 31.2. The second-order valence-electron chi connectivity index (χ2n) is 17.4. The normalized spacial score (nSPS) is 32.0. The van der Waals surface area contributed by atoms with Crippen LogP contribution in [0.3, 0.4) is 0 Å². The van der Waals surface area contributed by atoms with Gasteiger partial charge in [-0.3, -0.25) is 14.8 Å². The summed E-state index contributed by atoms with van der Waals surface area (Å²) in [6.07, 6.45) is 3.80. The molecule has 0 aliphatic carbocycles. The summed E-state index contributed by atoms with van der Waals surface area (Å²) in [6, 6.07) is 0. The van der Waals surface area contributed by atoms with Crippen molar-refractivity contribution in [3.63, 3.8) is 0 Å². The summed E-state index contributed by atoms with van der Waals surface area (Å²) in [7, 11) is -10.8. The minimum atomic E-state index is -3.05. The summed E-state index contributed by atoms with van der Waals surface area (Å²) in [6.45, 7) is 30.3. The molecule has 14 nitrogen and oxygen atoms in total. The van der Waals surface area contributed by atoms with E-state index in [0.29, 0.717) is 0 Å². The van der Waals surface area contributed by atoms with E-state index in [0.717, 1.165) is 65.0 Å². The Balaban J connectivity index is 1.64. The molecule has 0 aromatic rings. The lowest BCUT2D eigenvalue weighted by atomic mass is 10.1. The molecule has 2 fully saturated rings. The molecular weight excluding hydrogens is 836 g/mol. The number of hydrogen-bond donors (Lipinski definition) is 6. The molecule has 50 heavy (non-hydrogen) atoms. The van der Waals surface area contributed by atoms with Crippen LogP contribution in [0.2, 0.25) is 0 Å². The summed E-state index contributed by atoms with van der Waals surface area (Å²) >= 11 is 28.0. The van der Waals surface area contributed by atoms with Gasteiger partial charge in [-0.25, -0.2) is 24.7 Å². The summed E-state index contributed by atoms with van der Waals surface area (Å²) in [4.78, 5) is 5.06. The van der Waals surface area contributed by atoms with Crippen molar-refractivity contribution in [2.45, 2.75) is 131 Å². The highest BCUT2D eigenvalue weighted by atomic mass is 35.9. The summed E-state index contributed by atoms with van der Waals surface area (Å²) < 4.78 is 34.6. The highest BCUT2D eigenvalue weighted by Crippen LogP contribution is 2.86. The van der Waals surface area contributed by atoms with Gasteiger partial charge in [-0.2, -0.15) is 22.6 Å². The van der Waals surface area contributed by atoms with Crippen LogP contribution in [0, 0.1) is 0 Å². The molecule has 294 valence electrons. The molecule has 0 bridgehead atoms. The van der Waals surface area contributed by atoms with Gasteiger partial charge in [0.25, 0.3) is 5.91 Å². The van der Waals surface area contributed by atoms with Gasteiger partial charge in [-0.1, -0.05) is 22.5 Å². The molecular formula is C26H62Cl4N14P6. The van der Waals surface area contributed by atoms with Gasteiger partial charge >= 0.3 is 7.51 Å². The second-order valence-corrected chi connectivity index (χ2v) is 37.5. The number of nitrogens with one attached hydrogen (secondary N) is 6. The highest BCUT2D eigenvalue weighted by Gasteiger charge is 2.44. The molecule has 3 atom stereocenters. The van der Waals surface area contributed by atoms with Crippen molar-refractivity contribution in [2.75, 3.05) is 39.3 Å². The zero-order chi connectivity index (χ0) is 37.7. The quantitative estimate of drug-likeness (QED) is 0.105. The predicted molar refractivity (Wildman–Crippen MR) is 227 cm³/mol. The molecule has 24 heteroatoms. The van der Waals surface area contributed by atoms with Crippen molar-refractivity contribution in [3.05, 3.63) is 4.86 Å². The first-order valence-corrected chi connectivity index (χ1v) is 31.0. The maximum atomic E-state index is 7.00. The SMILES string of the molecule is CC(C)(C)NP1(NC(C)(C)C)=NP(Cl)(Cl)=N[P@@]2(=N1)NCCCN2CCCCN1CCCN[P@]12=N[P@@](NC(C)(C)C)(=[NH+]C(C)(C)C)N=P(Cl)(Cl)[N-]2. The first-order chi connectivity index (χ1) is 22.5. The minimum Gasteiger partial charge on any atom is -0.528 e. The van der Waals surface area contributed by atoms with Crippen LogP contribution in [0.15, 0.2) is 22.6 Å². The average Bonchev–Trinajstić information content (AvgIpc) is 2.81. The van der Waals surface area contributed by atoms with Crippen LogP contribution in [0.4, 0.5) is 0 Å². The van der Waals surface area contributed by atoms with E-state index in [9.17, 15) is 0 Å². The van der Waals surface area contributed by atoms with Gasteiger partial charge < -0.3 is 4.86 Å². The predicted octanol–water partition coefficient (Wildman–Crippen LogP) is 11.4. The van der Waals surface area contributed by atoms with Crippen molar-refractivity contribution in [1.82, 2.24) is 34.8 Å². The van der Waals surface area contributed by atoms with Gasteiger partial charge in [-0.15, -0.1) is 0 Å². The lowest BCUT2D eigenvalue weighted by Gasteiger charge is -2.53. The highest BCUT2D eigenvalue weighted by molar-refractivity contribution is 8.19. The Morgan fingerprint density at radius 1 is 0.660 bits per heavy atom. The van der Waals surface area contributed by atoms with Crippen LogP contribution in [-0.2, 0) is 0 Å². The van der Waals surface area contributed by atoms with Gasteiger partial charge in [0.15, 0.2) is 5.54 Å². The van der Waals surface area contributed by atoms with E-state index in [4.69, 9.17) is 72.4 Å². The van der Waals surface area contributed by atoms with E-state index in [1.807, 2.05) is 0 Å². The molecule has 6 N–H and O–H groups in total. The van der Waals surface area contributed by atoms with Crippen LogP contribution in [0.5, 0.6) is 0 Å². The molecule has 4 heterocycles. The van der Waals surface area contributed by atoms with Crippen molar-refractivity contribution < 1.29 is 4.74 Å². The van der Waals surface area contributed by atoms with E-state index in [1.165, 1.54) is 0 Å². The number of nitrogens with zero attached hydrogens (tertiary/aromatic N) is 8. The lowest BCUT2D eigenvalue weighted by Crippen LogP contribution is -2.80. The summed E-state index contributed by atoms with van der Waals surface area (Å²) in [5.41, 5.74) is -1.13. The molecule has 2 saturated heterocycles. The molecule has 4 aliphatic rings. The monoisotopic (exact) mass is 896 g/mol. The van der Waals surface area contributed by atoms with E-state index in [1.54, 1.807) is 0 Å². The summed E-state index contributed by atoms with van der Waals surface area (Å²) in [5.74, 6) is -6.09. The fourth-order valence-corrected chi connectivity index (χ4v) is 34.7. The van der Waals surface area contributed by atoms with E-state index in [2.05, 4.69) is 123 Å². The van der Waals surface area contributed by atoms with Crippen molar-refractivity contribution >= 4 is 86.8 Å². The average molecular weight is 899 g/mol. The molecule has 0 amide bonds. The van der Waals surface area contributed by atoms with Gasteiger partial charge in [0.2, 0.25) is 15.0 Å². The molecule has 0 aromatic heterocycles.